The van der Waals surface area contributed by atoms with Crippen molar-refractivity contribution in [2.45, 2.75) is 11.3 Å². The number of nitrogens with zero attached hydrogens (tertiary/aromatic N) is 1. The molecule has 4 nitrogen and oxygen atoms in total. The van der Waals surface area contributed by atoms with Gasteiger partial charge in [-0.2, -0.15) is 0 Å². The van der Waals surface area contributed by atoms with E-state index in [4.69, 9.17) is 0 Å². The zero-order valence-electron chi connectivity index (χ0n) is 13.6. The maximum atomic E-state index is 12.8. The summed E-state index contributed by atoms with van der Waals surface area (Å²) in [7, 11) is 3.38. The molecule has 24 heavy (non-hydrogen) atoms. The van der Waals surface area contributed by atoms with Crippen LogP contribution in [0.2, 0.25) is 0 Å². The van der Waals surface area contributed by atoms with Crippen molar-refractivity contribution >= 4 is 29.3 Å². The average Bonchev–Trinajstić information content (AvgIpc) is 2.56. The SMILES string of the molecule is CN(C)C(=O)c1ccc(NC(=O)CCSc2ccc(F)cc2)cc1. The summed E-state index contributed by atoms with van der Waals surface area (Å²) >= 11 is 1.50. The van der Waals surface area contributed by atoms with Gasteiger partial charge in [0.1, 0.15) is 5.82 Å². The second-order valence-electron chi connectivity index (χ2n) is 5.38. The van der Waals surface area contributed by atoms with Gasteiger partial charge in [0.05, 0.1) is 0 Å². The van der Waals surface area contributed by atoms with Gasteiger partial charge in [0.2, 0.25) is 5.91 Å². The quantitative estimate of drug-likeness (QED) is 0.812. The van der Waals surface area contributed by atoms with E-state index < -0.39 is 0 Å². The topological polar surface area (TPSA) is 49.4 Å². The second kappa shape index (κ2) is 8.49. The van der Waals surface area contributed by atoms with Crippen molar-refractivity contribution in [1.29, 1.82) is 0 Å². The van der Waals surface area contributed by atoms with Crippen LogP contribution in [0, 0.1) is 5.82 Å². The lowest BCUT2D eigenvalue weighted by Crippen LogP contribution is -2.21. The number of carbonyl (C=O) groups excluding carboxylic acids is 2. The predicted octanol–water partition coefficient (Wildman–Crippen LogP) is 3.65. The van der Waals surface area contributed by atoms with E-state index in [1.165, 1.54) is 28.8 Å². The monoisotopic (exact) mass is 346 g/mol. The fraction of sp³-hybridized carbons (Fsp3) is 0.222. The molecule has 0 radical (unpaired) electrons. The molecule has 0 saturated carbocycles. The Kier molecular flexibility index (Phi) is 6.37. The Morgan fingerprint density at radius 1 is 1.04 bits per heavy atom. The van der Waals surface area contributed by atoms with Gasteiger partial charge in [-0.3, -0.25) is 9.59 Å². The van der Waals surface area contributed by atoms with Gasteiger partial charge < -0.3 is 10.2 Å². The summed E-state index contributed by atoms with van der Waals surface area (Å²) in [6.07, 6.45) is 0.348. The Morgan fingerprint density at radius 2 is 1.67 bits per heavy atom. The van der Waals surface area contributed by atoms with Crippen LogP contribution in [0.1, 0.15) is 16.8 Å². The molecule has 126 valence electrons. The van der Waals surface area contributed by atoms with Crippen molar-refractivity contribution in [2.24, 2.45) is 0 Å². The number of anilines is 1. The number of hydrogen-bond donors (Lipinski definition) is 1. The summed E-state index contributed by atoms with van der Waals surface area (Å²) in [6, 6.07) is 13.0. The summed E-state index contributed by atoms with van der Waals surface area (Å²) in [6.45, 7) is 0. The largest absolute Gasteiger partial charge is 0.345 e. The summed E-state index contributed by atoms with van der Waals surface area (Å²) in [5.41, 5.74) is 1.23. The number of benzene rings is 2. The molecule has 0 spiro atoms. The molecule has 2 amide bonds. The third-order valence-corrected chi connectivity index (χ3v) is 4.25. The zero-order valence-corrected chi connectivity index (χ0v) is 14.4. The van der Waals surface area contributed by atoms with Gasteiger partial charge in [-0.25, -0.2) is 4.39 Å². The number of carbonyl (C=O) groups is 2. The Bertz CT molecular complexity index is 700. The molecule has 1 N–H and O–H groups in total. The number of thioether (sulfide) groups is 1. The number of rotatable bonds is 6. The molecule has 0 fully saturated rings. The predicted molar refractivity (Wildman–Crippen MR) is 94.8 cm³/mol. The maximum absolute atomic E-state index is 12.8. The van der Waals surface area contributed by atoms with Crippen LogP contribution in [0.25, 0.3) is 0 Å². The summed E-state index contributed by atoms with van der Waals surface area (Å²) < 4.78 is 12.8. The van der Waals surface area contributed by atoms with Crippen molar-refractivity contribution in [1.82, 2.24) is 4.90 Å². The van der Waals surface area contributed by atoms with Gasteiger partial charge in [0, 0.05) is 42.4 Å². The molecule has 0 aromatic heterocycles. The molecule has 0 bridgehead atoms. The molecule has 0 aliphatic carbocycles. The first kappa shape index (κ1) is 18.0. The van der Waals surface area contributed by atoms with Gasteiger partial charge in [-0.1, -0.05) is 0 Å². The number of hydrogen-bond acceptors (Lipinski definition) is 3. The van der Waals surface area contributed by atoms with Gasteiger partial charge in [-0.05, 0) is 48.5 Å². The lowest BCUT2D eigenvalue weighted by atomic mass is 10.2. The van der Waals surface area contributed by atoms with E-state index >= 15 is 0 Å². The summed E-state index contributed by atoms with van der Waals surface area (Å²) in [5.74, 6) is 0.155. The van der Waals surface area contributed by atoms with E-state index in [0.717, 1.165) is 4.90 Å². The van der Waals surface area contributed by atoms with Crippen LogP contribution in [-0.2, 0) is 4.79 Å². The minimum atomic E-state index is -0.270. The third-order valence-electron chi connectivity index (χ3n) is 3.23. The molecule has 2 aromatic rings. The molecule has 0 saturated heterocycles. The van der Waals surface area contributed by atoms with Crippen LogP contribution in [0.4, 0.5) is 10.1 Å². The highest BCUT2D eigenvalue weighted by Gasteiger charge is 2.08. The van der Waals surface area contributed by atoms with Crippen LogP contribution in [-0.4, -0.2) is 36.6 Å². The molecule has 2 rings (SSSR count). The molecule has 0 atom stereocenters. The lowest BCUT2D eigenvalue weighted by molar-refractivity contribution is -0.115. The van der Waals surface area contributed by atoms with Gasteiger partial charge >= 0.3 is 0 Å². The molecular formula is C18H19FN2O2S. The molecular weight excluding hydrogens is 327 g/mol. The van der Waals surface area contributed by atoms with Crippen LogP contribution in [0.3, 0.4) is 0 Å². The fourth-order valence-electron chi connectivity index (χ4n) is 1.97. The highest BCUT2D eigenvalue weighted by atomic mass is 32.2. The van der Waals surface area contributed by atoms with E-state index in [2.05, 4.69) is 5.32 Å². The highest BCUT2D eigenvalue weighted by Crippen LogP contribution is 2.19. The van der Waals surface area contributed by atoms with Crippen molar-refractivity contribution in [3.05, 3.63) is 59.9 Å². The van der Waals surface area contributed by atoms with E-state index in [0.29, 0.717) is 23.4 Å². The molecule has 2 aromatic carbocycles. The normalized spacial score (nSPS) is 10.3. The first-order valence-corrected chi connectivity index (χ1v) is 8.44. The van der Waals surface area contributed by atoms with Crippen molar-refractivity contribution in [3.8, 4) is 0 Å². The molecule has 0 aliphatic heterocycles. The first-order chi connectivity index (χ1) is 11.5. The lowest BCUT2D eigenvalue weighted by Gasteiger charge is -2.11. The van der Waals surface area contributed by atoms with Crippen molar-refractivity contribution in [3.63, 3.8) is 0 Å². The minimum absolute atomic E-state index is 0.0800. The van der Waals surface area contributed by atoms with Crippen LogP contribution in [0.15, 0.2) is 53.4 Å². The van der Waals surface area contributed by atoms with E-state index in [-0.39, 0.29) is 17.6 Å². The van der Waals surface area contributed by atoms with Crippen molar-refractivity contribution < 1.29 is 14.0 Å². The first-order valence-electron chi connectivity index (χ1n) is 7.45. The van der Waals surface area contributed by atoms with E-state index in [1.54, 1.807) is 50.5 Å². The highest BCUT2D eigenvalue weighted by molar-refractivity contribution is 7.99. The zero-order chi connectivity index (χ0) is 17.5. The van der Waals surface area contributed by atoms with Gasteiger partial charge in [0.15, 0.2) is 0 Å². The van der Waals surface area contributed by atoms with Crippen LogP contribution in [0.5, 0.6) is 0 Å². The third kappa shape index (κ3) is 5.38. The van der Waals surface area contributed by atoms with E-state index in [9.17, 15) is 14.0 Å². The maximum Gasteiger partial charge on any atom is 0.253 e. The van der Waals surface area contributed by atoms with Crippen molar-refractivity contribution in [2.75, 3.05) is 25.2 Å². The standard InChI is InChI=1S/C18H19FN2O2S/c1-21(2)18(23)13-3-7-15(8-4-13)20-17(22)11-12-24-16-9-5-14(19)6-10-16/h3-10H,11-12H2,1-2H3,(H,20,22). The molecule has 0 heterocycles. The molecule has 0 aliphatic rings. The Morgan fingerprint density at radius 3 is 2.25 bits per heavy atom. The Labute approximate surface area is 145 Å². The number of halogens is 1. The summed E-state index contributed by atoms with van der Waals surface area (Å²) in [5, 5.41) is 2.80. The van der Waals surface area contributed by atoms with Gasteiger partial charge in [-0.15, -0.1) is 11.8 Å². The molecule has 0 unspecified atom stereocenters. The number of nitrogens with one attached hydrogen (secondary N) is 1. The fourth-order valence-corrected chi connectivity index (χ4v) is 2.82. The Hall–Kier alpha value is -2.34. The molecule has 6 heteroatoms. The van der Waals surface area contributed by atoms with Gasteiger partial charge in [0.25, 0.3) is 5.91 Å². The van der Waals surface area contributed by atoms with Crippen LogP contribution < -0.4 is 5.32 Å². The minimum Gasteiger partial charge on any atom is -0.345 e. The van der Waals surface area contributed by atoms with E-state index in [1.807, 2.05) is 0 Å². The second-order valence-corrected chi connectivity index (χ2v) is 6.55. The van der Waals surface area contributed by atoms with Crippen LogP contribution >= 0.6 is 11.8 Å². The smallest absolute Gasteiger partial charge is 0.253 e. The number of amides is 2. The Balaban J connectivity index is 1.79. The average molecular weight is 346 g/mol. The summed E-state index contributed by atoms with van der Waals surface area (Å²) in [4.78, 5) is 26.1.